The van der Waals surface area contributed by atoms with Crippen LogP contribution in [0.4, 0.5) is 5.69 Å². The topological polar surface area (TPSA) is 67.8 Å². The molecule has 0 spiro atoms. The lowest BCUT2D eigenvalue weighted by Crippen LogP contribution is -2.21. The summed E-state index contributed by atoms with van der Waals surface area (Å²) in [6.45, 7) is 0.687. The van der Waals surface area contributed by atoms with Crippen LogP contribution >= 0.6 is 23.2 Å². The summed E-state index contributed by atoms with van der Waals surface area (Å²) in [6.07, 6.45) is 1.21. The number of carbonyl (C=O) groups excluding carboxylic acids is 1. The highest BCUT2D eigenvalue weighted by Crippen LogP contribution is 2.35. The summed E-state index contributed by atoms with van der Waals surface area (Å²) >= 11 is 11.5. The first kappa shape index (κ1) is 12.9. The quantitative estimate of drug-likeness (QED) is 0.821. The standard InChI is InChI=1S/C11H9Cl2NO4/c12-6-3-7(13)10(15)8(4-6)14-11(16)9-5-17-1-2-18-9/h3-5,15H,1-2H2,(H,14,16). The zero-order chi connectivity index (χ0) is 13.1. The van der Waals surface area contributed by atoms with Crippen molar-refractivity contribution in [3.63, 3.8) is 0 Å². The predicted molar refractivity (Wildman–Crippen MR) is 66.7 cm³/mol. The van der Waals surface area contributed by atoms with Gasteiger partial charge in [0.25, 0.3) is 5.91 Å². The van der Waals surface area contributed by atoms with Crippen LogP contribution < -0.4 is 5.32 Å². The number of amides is 1. The van der Waals surface area contributed by atoms with Gasteiger partial charge in [0, 0.05) is 5.02 Å². The number of phenols is 1. The van der Waals surface area contributed by atoms with E-state index in [1.165, 1.54) is 18.4 Å². The van der Waals surface area contributed by atoms with Gasteiger partial charge in [0.1, 0.15) is 19.5 Å². The van der Waals surface area contributed by atoms with E-state index in [4.69, 9.17) is 32.7 Å². The first-order chi connectivity index (χ1) is 8.58. The van der Waals surface area contributed by atoms with Crippen LogP contribution in [0, 0.1) is 0 Å². The number of aromatic hydroxyl groups is 1. The molecule has 1 amide bonds. The lowest BCUT2D eigenvalue weighted by atomic mass is 10.3. The van der Waals surface area contributed by atoms with Crippen molar-refractivity contribution in [2.45, 2.75) is 0 Å². The van der Waals surface area contributed by atoms with Crippen LogP contribution in [0.1, 0.15) is 0 Å². The molecule has 0 aliphatic carbocycles. The molecule has 18 heavy (non-hydrogen) atoms. The van der Waals surface area contributed by atoms with Crippen LogP contribution in [0.2, 0.25) is 10.0 Å². The second-order valence-corrected chi connectivity index (χ2v) is 4.28. The van der Waals surface area contributed by atoms with E-state index >= 15 is 0 Å². The van der Waals surface area contributed by atoms with Gasteiger partial charge < -0.3 is 19.9 Å². The van der Waals surface area contributed by atoms with Crippen LogP contribution in [0.25, 0.3) is 0 Å². The van der Waals surface area contributed by atoms with Gasteiger partial charge in [0.2, 0.25) is 5.76 Å². The molecule has 1 aliphatic heterocycles. The van der Waals surface area contributed by atoms with Gasteiger partial charge in [-0.3, -0.25) is 4.79 Å². The van der Waals surface area contributed by atoms with Crippen LogP contribution in [0.3, 0.4) is 0 Å². The van der Waals surface area contributed by atoms with Crippen LogP contribution in [0.15, 0.2) is 24.2 Å². The Morgan fingerprint density at radius 3 is 2.78 bits per heavy atom. The second-order valence-electron chi connectivity index (χ2n) is 3.44. The minimum atomic E-state index is -0.552. The van der Waals surface area contributed by atoms with E-state index in [9.17, 15) is 9.90 Å². The number of ether oxygens (including phenoxy) is 2. The molecular weight excluding hydrogens is 281 g/mol. The molecule has 5 nitrogen and oxygen atoms in total. The molecule has 1 aromatic rings. The number of anilines is 1. The molecule has 0 unspecified atom stereocenters. The second kappa shape index (κ2) is 5.37. The number of hydrogen-bond donors (Lipinski definition) is 2. The summed E-state index contributed by atoms with van der Waals surface area (Å²) in [4.78, 5) is 11.8. The fourth-order valence-corrected chi connectivity index (χ4v) is 1.83. The third-order valence-corrected chi connectivity index (χ3v) is 2.66. The Kier molecular flexibility index (Phi) is 3.84. The highest BCUT2D eigenvalue weighted by molar-refractivity contribution is 6.36. The third-order valence-electron chi connectivity index (χ3n) is 2.15. The van der Waals surface area contributed by atoms with Gasteiger partial charge in [-0.1, -0.05) is 23.2 Å². The molecule has 96 valence electrons. The molecule has 1 aromatic carbocycles. The van der Waals surface area contributed by atoms with E-state index < -0.39 is 5.91 Å². The number of carbonyl (C=O) groups is 1. The van der Waals surface area contributed by atoms with Crippen molar-refractivity contribution >= 4 is 34.8 Å². The van der Waals surface area contributed by atoms with E-state index in [2.05, 4.69) is 5.32 Å². The van der Waals surface area contributed by atoms with E-state index in [-0.39, 0.29) is 22.2 Å². The van der Waals surface area contributed by atoms with E-state index in [0.717, 1.165) is 0 Å². The first-order valence-corrected chi connectivity index (χ1v) is 5.77. The maximum atomic E-state index is 11.8. The van der Waals surface area contributed by atoms with Gasteiger partial charge in [-0.25, -0.2) is 0 Å². The minimum absolute atomic E-state index is 0.0248. The zero-order valence-corrected chi connectivity index (χ0v) is 10.6. The number of benzene rings is 1. The van der Waals surface area contributed by atoms with Crippen LogP contribution in [0.5, 0.6) is 5.75 Å². The van der Waals surface area contributed by atoms with Crippen molar-refractivity contribution in [2.75, 3.05) is 18.5 Å². The molecular formula is C11H9Cl2NO4. The maximum Gasteiger partial charge on any atom is 0.294 e. The first-order valence-electron chi connectivity index (χ1n) is 5.02. The van der Waals surface area contributed by atoms with Crippen molar-refractivity contribution < 1.29 is 19.4 Å². The average Bonchev–Trinajstić information content (AvgIpc) is 2.36. The average molecular weight is 290 g/mol. The van der Waals surface area contributed by atoms with Crippen molar-refractivity contribution in [1.82, 2.24) is 0 Å². The lowest BCUT2D eigenvalue weighted by Gasteiger charge is -2.15. The summed E-state index contributed by atoms with van der Waals surface area (Å²) in [7, 11) is 0. The molecule has 0 saturated heterocycles. The Hall–Kier alpha value is -1.59. The SMILES string of the molecule is O=C(Nc1cc(Cl)cc(Cl)c1O)C1=COCCO1. The number of hydrogen-bond acceptors (Lipinski definition) is 4. The van der Waals surface area contributed by atoms with E-state index in [1.807, 2.05) is 0 Å². The fraction of sp³-hybridized carbons (Fsp3) is 0.182. The molecule has 0 aromatic heterocycles. The highest BCUT2D eigenvalue weighted by Gasteiger charge is 2.17. The molecule has 0 saturated carbocycles. The molecule has 1 heterocycles. The molecule has 7 heteroatoms. The predicted octanol–water partition coefficient (Wildman–Crippen LogP) is 2.53. The number of rotatable bonds is 2. The van der Waals surface area contributed by atoms with Gasteiger partial charge in [-0.2, -0.15) is 0 Å². The Labute approximate surface area is 113 Å². The zero-order valence-electron chi connectivity index (χ0n) is 9.07. The summed E-state index contributed by atoms with van der Waals surface area (Å²) < 4.78 is 10.0. The number of nitrogens with one attached hydrogen (secondary N) is 1. The summed E-state index contributed by atoms with van der Waals surface area (Å²) in [5.41, 5.74) is 0.104. The largest absolute Gasteiger partial charge is 0.504 e. The third kappa shape index (κ3) is 2.80. The van der Waals surface area contributed by atoms with Crippen molar-refractivity contribution in [1.29, 1.82) is 0 Å². The van der Waals surface area contributed by atoms with E-state index in [1.54, 1.807) is 0 Å². The summed E-state index contributed by atoms with van der Waals surface area (Å²) in [6, 6.07) is 2.75. The number of phenolic OH excluding ortho intramolecular Hbond substituents is 1. The van der Waals surface area contributed by atoms with Gasteiger partial charge in [0.05, 0.1) is 10.7 Å². The molecule has 0 bridgehead atoms. The molecule has 0 atom stereocenters. The highest BCUT2D eigenvalue weighted by atomic mass is 35.5. The van der Waals surface area contributed by atoms with Crippen molar-refractivity contribution in [3.8, 4) is 5.75 Å². The van der Waals surface area contributed by atoms with E-state index in [0.29, 0.717) is 18.2 Å². The number of halogens is 2. The summed E-state index contributed by atoms with van der Waals surface area (Å²) in [5, 5.41) is 12.4. The smallest absolute Gasteiger partial charge is 0.294 e. The minimum Gasteiger partial charge on any atom is -0.504 e. The van der Waals surface area contributed by atoms with Gasteiger partial charge in [-0.05, 0) is 12.1 Å². The van der Waals surface area contributed by atoms with Crippen LogP contribution in [-0.4, -0.2) is 24.2 Å². The molecule has 2 rings (SSSR count). The van der Waals surface area contributed by atoms with Crippen molar-refractivity contribution in [2.24, 2.45) is 0 Å². The molecule has 0 radical (unpaired) electrons. The fourth-order valence-electron chi connectivity index (χ4n) is 1.33. The normalized spacial score (nSPS) is 14.2. The Balaban J connectivity index is 2.19. The maximum absolute atomic E-state index is 11.8. The van der Waals surface area contributed by atoms with Gasteiger partial charge >= 0.3 is 0 Å². The Morgan fingerprint density at radius 2 is 2.11 bits per heavy atom. The van der Waals surface area contributed by atoms with Gasteiger partial charge in [0.15, 0.2) is 5.75 Å². The Bertz CT molecular complexity index is 516. The monoisotopic (exact) mass is 289 g/mol. The van der Waals surface area contributed by atoms with Crippen molar-refractivity contribution in [3.05, 3.63) is 34.2 Å². The Morgan fingerprint density at radius 1 is 1.33 bits per heavy atom. The molecule has 0 fully saturated rings. The molecule has 2 N–H and O–H groups in total. The lowest BCUT2D eigenvalue weighted by molar-refractivity contribution is -0.117. The van der Waals surface area contributed by atoms with Gasteiger partial charge in [-0.15, -0.1) is 0 Å². The molecule has 1 aliphatic rings. The van der Waals surface area contributed by atoms with Crippen LogP contribution in [-0.2, 0) is 14.3 Å². The summed E-state index contributed by atoms with van der Waals surface area (Å²) in [5.74, 6) is -0.785.